The molecule has 0 radical (unpaired) electrons. The summed E-state index contributed by atoms with van der Waals surface area (Å²) in [4.78, 5) is 0. The number of rotatable bonds is 10. The van der Waals surface area contributed by atoms with Crippen molar-refractivity contribution in [1.82, 2.24) is 5.32 Å². The summed E-state index contributed by atoms with van der Waals surface area (Å²) in [6.45, 7) is 5.29. The molecule has 162 valence electrons. The molecule has 0 spiro atoms. The van der Waals surface area contributed by atoms with Crippen LogP contribution in [0.25, 0.3) is 0 Å². The topological polar surface area (TPSA) is 98.6 Å². The number of hydrogen-bond acceptors (Lipinski definition) is 8. The smallest absolute Gasteiger partial charge is 0.140 e. The Morgan fingerprint density at radius 1 is 1.18 bits per heavy atom. The van der Waals surface area contributed by atoms with Crippen molar-refractivity contribution in [2.24, 2.45) is 0 Å². The van der Waals surface area contributed by atoms with Crippen molar-refractivity contribution >= 4 is 15.7 Å². The lowest BCUT2D eigenvalue weighted by Crippen LogP contribution is -2.52. The molecule has 0 aromatic heterocycles. The Balaban J connectivity index is 1.98. The number of methoxy groups -OCH3 is 3. The third-order valence-electron chi connectivity index (χ3n) is 6.03. The van der Waals surface area contributed by atoms with Gasteiger partial charge in [-0.05, 0) is 5.31 Å². The molecule has 3 N–H and O–H groups in total. The fraction of sp³-hybridized carbons (Fsp3) is 1.00. The van der Waals surface area contributed by atoms with Crippen molar-refractivity contribution in [3.05, 3.63) is 0 Å². The monoisotopic (exact) mass is 401 g/mol. The molecule has 0 aromatic rings. The van der Waals surface area contributed by atoms with Crippen LogP contribution in [0.3, 0.4) is 0 Å². The molecule has 28 heavy (non-hydrogen) atoms. The lowest BCUT2D eigenvalue weighted by atomic mass is 9.64. The predicted molar refractivity (Wildman–Crippen MR) is 111 cm³/mol. The zero-order chi connectivity index (χ0) is 21.2. The van der Waals surface area contributed by atoms with Crippen LogP contribution in [0.2, 0.25) is 11.1 Å². The first-order chi connectivity index (χ1) is 13.0. The largest absolute Gasteiger partial charge is 0.383 e. The molecular weight excluding hydrogens is 364 g/mol. The summed E-state index contributed by atoms with van der Waals surface area (Å²) in [6.07, 6.45) is -1.23. The van der Waals surface area contributed by atoms with E-state index >= 15 is 0 Å². The molecule has 0 saturated carbocycles. The highest BCUT2D eigenvalue weighted by Crippen LogP contribution is 2.41. The maximum absolute atomic E-state index is 11.1. The quantitative estimate of drug-likeness (QED) is 0.354. The third-order valence-corrected chi connectivity index (χ3v) is 6.03. The van der Waals surface area contributed by atoms with E-state index in [9.17, 15) is 10.2 Å². The second-order valence-electron chi connectivity index (χ2n) is 9.32. The van der Waals surface area contributed by atoms with Gasteiger partial charge in [-0.3, -0.25) is 0 Å². The third kappa shape index (κ3) is 4.75. The minimum atomic E-state index is -1.19. The van der Waals surface area contributed by atoms with E-state index in [-0.39, 0.29) is 38.1 Å². The van der Waals surface area contributed by atoms with Gasteiger partial charge in [0.1, 0.15) is 39.1 Å². The van der Waals surface area contributed by atoms with Crippen molar-refractivity contribution in [3.63, 3.8) is 0 Å². The van der Waals surface area contributed by atoms with Gasteiger partial charge in [0.05, 0.1) is 25.9 Å². The molecule has 2 aliphatic heterocycles. The van der Waals surface area contributed by atoms with Crippen LogP contribution in [0, 0.1) is 0 Å². The summed E-state index contributed by atoms with van der Waals surface area (Å²) in [5.74, 6) is 0.336. The van der Waals surface area contributed by atoms with Gasteiger partial charge in [0.15, 0.2) is 0 Å². The van der Waals surface area contributed by atoms with Gasteiger partial charge in [0.25, 0.3) is 0 Å². The Morgan fingerprint density at radius 2 is 1.82 bits per heavy atom. The highest BCUT2D eigenvalue weighted by atomic mass is 16.6. The van der Waals surface area contributed by atoms with Gasteiger partial charge in [-0.25, -0.2) is 0 Å². The molecule has 0 aliphatic carbocycles. The molecule has 2 saturated heterocycles. The first-order valence-corrected chi connectivity index (χ1v) is 9.96. The van der Waals surface area contributed by atoms with E-state index in [4.69, 9.17) is 23.7 Å². The Kier molecular flexibility index (Phi) is 8.00. The lowest BCUT2D eigenvalue weighted by Gasteiger charge is -2.38. The Morgan fingerprint density at radius 3 is 2.36 bits per heavy atom. The van der Waals surface area contributed by atoms with Crippen LogP contribution in [0.15, 0.2) is 0 Å². The van der Waals surface area contributed by atoms with E-state index in [2.05, 4.69) is 20.1 Å². The minimum Gasteiger partial charge on any atom is -0.383 e. The van der Waals surface area contributed by atoms with Crippen LogP contribution in [0.4, 0.5) is 0 Å². The number of hydrogen-bond donors (Lipinski definition) is 3. The first kappa shape index (κ1) is 24.1. The Hall–Kier alpha value is -0.190. The van der Waals surface area contributed by atoms with Gasteiger partial charge in [-0.15, -0.1) is 0 Å². The Labute approximate surface area is 170 Å². The number of ether oxygens (including phenoxy) is 5. The van der Waals surface area contributed by atoms with Crippen molar-refractivity contribution in [2.45, 2.75) is 60.5 Å². The van der Waals surface area contributed by atoms with Gasteiger partial charge >= 0.3 is 0 Å². The van der Waals surface area contributed by atoms with Gasteiger partial charge in [0, 0.05) is 40.5 Å². The van der Waals surface area contributed by atoms with Crippen molar-refractivity contribution < 1.29 is 33.9 Å². The minimum absolute atomic E-state index is 0.0756. The van der Waals surface area contributed by atoms with Crippen molar-refractivity contribution in [2.75, 3.05) is 54.3 Å². The average molecular weight is 401 g/mol. The van der Waals surface area contributed by atoms with Crippen LogP contribution in [-0.4, -0.2) is 116 Å². The molecule has 4 unspecified atom stereocenters. The number of nitrogens with one attached hydrogen (secondary N) is 1. The SMILES string of the molecule is B[C@H](C)C1NC[C@](O)(COC[C@@](B)(C)C2OC[C@](O)(COC)C2OC)C1OC. The van der Waals surface area contributed by atoms with Gasteiger partial charge in [-0.1, -0.05) is 19.7 Å². The molecule has 0 aromatic carbocycles. The summed E-state index contributed by atoms with van der Waals surface area (Å²) in [5, 5.41) is 24.8. The summed E-state index contributed by atoms with van der Waals surface area (Å²) in [7, 11) is 8.83. The molecule has 10 heteroatoms. The second kappa shape index (κ2) is 9.31. The van der Waals surface area contributed by atoms with E-state index in [1.54, 1.807) is 21.3 Å². The summed E-state index contributed by atoms with van der Waals surface area (Å²) in [6, 6.07) is 0.0756. The van der Waals surface area contributed by atoms with Crippen LogP contribution in [0.1, 0.15) is 13.8 Å². The van der Waals surface area contributed by atoms with Crippen molar-refractivity contribution in [3.8, 4) is 0 Å². The predicted octanol–water partition coefficient (Wildman–Crippen LogP) is -2.23. The van der Waals surface area contributed by atoms with E-state index in [1.807, 2.05) is 14.8 Å². The molecule has 2 rings (SSSR count). The standard InChI is InChI=1S/C18H37B2NO7/c1-11(19)12-13(25-4)17(22,6-21-12)9-27-7-16(2,20)14-15(26-5)18(23,8-24-3)10-28-14/h11-15,21-23H,6-10,19-20H2,1-5H3/t11-,12?,13?,14?,15?,16+,17+,18-/m1/s1. The fourth-order valence-corrected chi connectivity index (χ4v) is 4.53. The van der Waals surface area contributed by atoms with E-state index in [0.29, 0.717) is 19.0 Å². The van der Waals surface area contributed by atoms with Crippen LogP contribution >= 0.6 is 0 Å². The summed E-state index contributed by atoms with van der Waals surface area (Å²) >= 11 is 0. The first-order valence-electron chi connectivity index (χ1n) is 9.96. The maximum Gasteiger partial charge on any atom is 0.140 e. The van der Waals surface area contributed by atoms with Crippen LogP contribution in [-0.2, 0) is 23.7 Å². The van der Waals surface area contributed by atoms with E-state index in [0.717, 1.165) is 0 Å². The maximum atomic E-state index is 11.1. The van der Waals surface area contributed by atoms with Crippen LogP contribution < -0.4 is 5.32 Å². The van der Waals surface area contributed by atoms with Gasteiger partial charge in [0.2, 0.25) is 0 Å². The summed E-state index contributed by atoms with van der Waals surface area (Å²) < 4.78 is 28.1. The zero-order valence-electron chi connectivity index (χ0n) is 18.4. The lowest BCUT2D eigenvalue weighted by molar-refractivity contribution is -0.125. The molecule has 8 atom stereocenters. The zero-order valence-corrected chi connectivity index (χ0v) is 18.4. The second-order valence-corrected chi connectivity index (χ2v) is 9.32. The van der Waals surface area contributed by atoms with E-state index < -0.39 is 22.6 Å². The fourth-order valence-electron chi connectivity index (χ4n) is 4.53. The molecule has 2 aliphatic rings. The number of β-amino-alcohol motifs (C(OH)–C–C–N with tert-alkyl or cyclic N) is 1. The molecular formula is C18H37B2NO7. The molecule has 2 heterocycles. The van der Waals surface area contributed by atoms with E-state index in [1.165, 1.54) is 0 Å². The highest BCUT2D eigenvalue weighted by molar-refractivity contribution is 6.15. The van der Waals surface area contributed by atoms with Gasteiger partial charge in [-0.2, -0.15) is 0 Å². The molecule has 0 amide bonds. The highest BCUT2D eigenvalue weighted by Gasteiger charge is 2.55. The Bertz CT molecular complexity index is 512. The van der Waals surface area contributed by atoms with Gasteiger partial charge < -0.3 is 39.2 Å². The average Bonchev–Trinajstić information content (AvgIpc) is 3.12. The number of aliphatic hydroxyl groups is 2. The summed E-state index contributed by atoms with van der Waals surface area (Å²) in [5.41, 5.74) is -2.28. The molecule has 0 bridgehead atoms. The normalized spacial score (nSPS) is 41.8. The van der Waals surface area contributed by atoms with Crippen molar-refractivity contribution in [1.29, 1.82) is 0 Å². The molecule has 2 fully saturated rings. The molecule has 8 nitrogen and oxygen atoms in total. The van der Waals surface area contributed by atoms with Crippen LogP contribution in [0.5, 0.6) is 0 Å².